The molecule has 0 radical (unpaired) electrons. The van der Waals surface area contributed by atoms with Crippen molar-refractivity contribution in [3.63, 3.8) is 0 Å². The fraction of sp³-hybridized carbons (Fsp3) is 0.333. The Morgan fingerprint density at radius 3 is 2.87 bits per heavy atom. The normalized spacial score (nSPS) is 18.3. The van der Waals surface area contributed by atoms with Gasteiger partial charge in [-0.15, -0.1) is 0 Å². The van der Waals surface area contributed by atoms with Crippen LogP contribution in [0, 0.1) is 0 Å². The van der Waals surface area contributed by atoms with Crippen LogP contribution >= 0.6 is 15.9 Å². The number of rotatable bonds is 2. The zero-order valence-electron chi connectivity index (χ0n) is 8.39. The van der Waals surface area contributed by atoms with Gasteiger partial charge >= 0.3 is 0 Å². The number of nitrogens with one attached hydrogen (secondary N) is 1. The van der Waals surface area contributed by atoms with E-state index in [1.165, 1.54) is 29.3 Å². The molecule has 1 fully saturated rings. The molecular weight excluding hydrogens is 252 g/mol. The lowest BCUT2D eigenvalue weighted by atomic mass is 9.95. The predicted molar refractivity (Wildman–Crippen MR) is 66.0 cm³/mol. The average Bonchev–Trinajstić information content (AvgIpc) is 2.99. The van der Waals surface area contributed by atoms with Crippen molar-refractivity contribution in [2.45, 2.75) is 18.3 Å². The Morgan fingerprint density at radius 2 is 2.20 bits per heavy atom. The number of hydrogen-bond donors (Lipinski definition) is 2. The molecule has 15 heavy (non-hydrogen) atoms. The molecule has 1 aromatic carbocycles. The van der Waals surface area contributed by atoms with Crippen molar-refractivity contribution in [2.75, 3.05) is 6.54 Å². The molecule has 2 aromatic rings. The molecule has 2 nitrogen and oxygen atoms in total. The standard InChI is InChI=1S/C12H13BrN2/c13-10-6-15-11-2-1-8(5-9(10)11)12(7-14)3-4-12/h1-2,5-6,15H,3-4,7,14H2. The van der Waals surface area contributed by atoms with Crippen LogP contribution in [0.15, 0.2) is 28.9 Å². The van der Waals surface area contributed by atoms with E-state index >= 15 is 0 Å². The molecule has 1 saturated carbocycles. The second-order valence-electron chi connectivity index (χ2n) is 4.38. The van der Waals surface area contributed by atoms with Crippen molar-refractivity contribution in [1.29, 1.82) is 0 Å². The molecular formula is C12H13BrN2. The third-order valence-electron chi connectivity index (χ3n) is 3.49. The zero-order chi connectivity index (χ0) is 10.5. The minimum Gasteiger partial charge on any atom is -0.360 e. The molecule has 3 N–H and O–H groups in total. The van der Waals surface area contributed by atoms with Gasteiger partial charge in [0.25, 0.3) is 0 Å². The van der Waals surface area contributed by atoms with Crippen molar-refractivity contribution in [3.05, 3.63) is 34.4 Å². The summed E-state index contributed by atoms with van der Waals surface area (Å²) in [5, 5.41) is 1.26. The van der Waals surface area contributed by atoms with E-state index < -0.39 is 0 Å². The first kappa shape index (κ1) is 9.43. The van der Waals surface area contributed by atoms with E-state index in [-0.39, 0.29) is 5.41 Å². The molecule has 3 heteroatoms. The van der Waals surface area contributed by atoms with Crippen molar-refractivity contribution >= 4 is 26.8 Å². The summed E-state index contributed by atoms with van der Waals surface area (Å²) in [5.41, 5.74) is 8.69. The fourth-order valence-corrected chi connectivity index (χ4v) is 2.62. The summed E-state index contributed by atoms with van der Waals surface area (Å²) in [6.45, 7) is 0.764. The first-order valence-corrected chi connectivity index (χ1v) is 6.02. The first-order chi connectivity index (χ1) is 7.25. The first-order valence-electron chi connectivity index (χ1n) is 5.22. The maximum atomic E-state index is 5.84. The van der Waals surface area contributed by atoms with Crippen LogP contribution in [-0.4, -0.2) is 11.5 Å². The van der Waals surface area contributed by atoms with Gasteiger partial charge < -0.3 is 10.7 Å². The molecule has 1 aromatic heterocycles. The van der Waals surface area contributed by atoms with Crippen molar-refractivity contribution in [1.82, 2.24) is 4.98 Å². The van der Waals surface area contributed by atoms with Gasteiger partial charge in [0.05, 0.1) is 0 Å². The summed E-state index contributed by atoms with van der Waals surface area (Å²) in [5.74, 6) is 0. The Bertz CT molecular complexity index is 511. The number of benzene rings is 1. The van der Waals surface area contributed by atoms with E-state index in [0.29, 0.717) is 0 Å². The lowest BCUT2D eigenvalue weighted by molar-refractivity contribution is 0.706. The van der Waals surface area contributed by atoms with Crippen LogP contribution in [0.5, 0.6) is 0 Å². The number of halogens is 1. The second-order valence-corrected chi connectivity index (χ2v) is 5.24. The van der Waals surface area contributed by atoms with Gasteiger partial charge in [-0.1, -0.05) is 6.07 Å². The molecule has 3 rings (SSSR count). The molecule has 0 amide bonds. The number of aromatic amines is 1. The van der Waals surface area contributed by atoms with Gasteiger partial charge in [-0.2, -0.15) is 0 Å². The molecule has 0 bridgehead atoms. The molecule has 0 aliphatic heterocycles. The Balaban J connectivity index is 2.17. The lowest BCUT2D eigenvalue weighted by Crippen LogP contribution is -2.19. The molecule has 1 aliphatic carbocycles. The van der Waals surface area contributed by atoms with Crippen molar-refractivity contribution in [2.24, 2.45) is 5.73 Å². The van der Waals surface area contributed by atoms with Gasteiger partial charge in [-0.3, -0.25) is 0 Å². The average molecular weight is 265 g/mol. The molecule has 0 spiro atoms. The quantitative estimate of drug-likeness (QED) is 0.861. The topological polar surface area (TPSA) is 41.8 Å². The highest BCUT2D eigenvalue weighted by Crippen LogP contribution is 2.48. The Hall–Kier alpha value is -0.800. The Morgan fingerprint density at radius 1 is 1.40 bits per heavy atom. The van der Waals surface area contributed by atoms with E-state index in [4.69, 9.17) is 5.73 Å². The minimum atomic E-state index is 0.283. The maximum absolute atomic E-state index is 5.84. The SMILES string of the molecule is NCC1(c2ccc3[nH]cc(Br)c3c2)CC1. The number of fused-ring (bicyclic) bond motifs is 1. The van der Waals surface area contributed by atoms with Gasteiger partial charge in [-0.05, 0) is 46.5 Å². The van der Waals surface area contributed by atoms with Crippen molar-refractivity contribution < 1.29 is 0 Å². The van der Waals surface area contributed by atoms with Crippen LogP contribution < -0.4 is 5.73 Å². The predicted octanol–water partition coefficient (Wildman–Crippen LogP) is 2.92. The van der Waals surface area contributed by atoms with E-state index in [1.807, 2.05) is 6.20 Å². The van der Waals surface area contributed by atoms with Gasteiger partial charge in [-0.25, -0.2) is 0 Å². The van der Waals surface area contributed by atoms with Crippen LogP contribution in [-0.2, 0) is 5.41 Å². The number of nitrogens with two attached hydrogens (primary N) is 1. The summed E-state index contributed by atoms with van der Waals surface area (Å²) in [6, 6.07) is 6.60. The van der Waals surface area contributed by atoms with Crippen LogP contribution in [0.2, 0.25) is 0 Å². The summed E-state index contributed by atoms with van der Waals surface area (Å²) in [6.07, 6.45) is 4.45. The minimum absolute atomic E-state index is 0.283. The van der Waals surface area contributed by atoms with Crippen LogP contribution in [0.4, 0.5) is 0 Å². The lowest BCUT2D eigenvalue weighted by Gasteiger charge is -2.12. The van der Waals surface area contributed by atoms with E-state index in [9.17, 15) is 0 Å². The number of H-pyrrole nitrogens is 1. The van der Waals surface area contributed by atoms with Gasteiger partial charge in [0, 0.05) is 33.5 Å². The van der Waals surface area contributed by atoms with Gasteiger partial charge in [0.1, 0.15) is 0 Å². The van der Waals surface area contributed by atoms with E-state index in [1.54, 1.807) is 0 Å². The summed E-state index contributed by atoms with van der Waals surface area (Å²) in [4.78, 5) is 3.23. The largest absolute Gasteiger partial charge is 0.360 e. The summed E-state index contributed by atoms with van der Waals surface area (Å²) >= 11 is 3.55. The molecule has 0 saturated heterocycles. The third-order valence-corrected chi connectivity index (χ3v) is 4.14. The highest BCUT2D eigenvalue weighted by Gasteiger charge is 2.42. The van der Waals surface area contributed by atoms with Crippen molar-refractivity contribution in [3.8, 4) is 0 Å². The van der Waals surface area contributed by atoms with Crippen LogP contribution in [0.3, 0.4) is 0 Å². The smallest absolute Gasteiger partial charge is 0.0465 e. The Kier molecular flexibility index (Phi) is 1.94. The van der Waals surface area contributed by atoms with E-state index in [2.05, 4.69) is 39.1 Å². The molecule has 0 atom stereocenters. The third kappa shape index (κ3) is 1.34. The highest BCUT2D eigenvalue weighted by atomic mass is 79.9. The number of hydrogen-bond acceptors (Lipinski definition) is 1. The Labute approximate surface area is 97.0 Å². The molecule has 0 unspecified atom stereocenters. The summed E-state index contributed by atoms with van der Waals surface area (Å²) < 4.78 is 1.13. The van der Waals surface area contributed by atoms with Crippen LogP contribution in [0.25, 0.3) is 10.9 Å². The van der Waals surface area contributed by atoms with Gasteiger partial charge in [0.2, 0.25) is 0 Å². The van der Waals surface area contributed by atoms with E-state index in [0.717, 1.165) is 11.0 Å². The van der Waals surface area contributed by atoms with Gasteiger partial charge in [0.15, 0.2) is 0 Å². The summed E-state index contributed by atoms with van der Waals surface area (Å²) in [7, 11) is 0. The maximum Gasteiger partial charge on any atom is 0.0465 e. The molecule has 1 heterocycles. The second kappa shape index (κ2) is 3.09. The number of aromatic nitrogens is 1. The monoisotopic (exact) mass is 264 g/mol. The molecule has 78 valence electrons. The zero-order valence-corrected chi connectivity index (χ0v) is 9.97. The van der Waals surface area contributed by atoms with Crippen LogP contribution in [0.1, 0.15) is 18.4 Å². The molecule has 1 aliphatic rings. The highest BCUT2D eigenvalue weighted by molar-refractivity contribution is 9.10. The fourth-order valence-electron chi connectivity index (χ4n) is 2.18.